The monoisotopic (exact) mass is 238 g/mol. The lowest BCUT2D eigenvalue weighted by Gasteiger charge is -2.03. The largest absolute Gasteiger partial charge is 0.480 e. The van der Waals surface area contributed by atoms with E-state index >= 15 is 0 Å². The number of carbonyl (C=O) groups is 2. The summed E-state index contributed by atoms with van der Waals surface area (Å²) in [7, 11) is 0. The Morgan fingerprint density at radius 3 is 2.41 bits per heavy atom. The second-order valence-electron chi connectivity index (χ2n) is 3.78. The Labute approximate surface area is 98.8 Å². The second kappa shape index (κ2) is 5.95. The van der Waals surface area contributed by atoms with Crippen molar-refractivity contribution in [2.75, 3.05) is 0 Å². The number of carboxylic acid groups (broad SMARTS) is 1. The molecule has 0 aliphatic heterocycles. The van der Waals surface area contributed by atoms with Gasteiger partial charge in [-0.1, -0.05) is 0 Å². The molecule has 0 aliphatic rings. The van der Waals surface area contributed by atoms with Gasteiger partial charge in [0.05, 0.1) is 5.56 Å². The van der Waals surface area contributed by atoms with E-state index in [4.69, 9.17) is 16.6 Å². The lowest BCUT2D eigenvalue weighted by molar-refractivity contribution is -0.697. The molecule has 1 aromatic rings. The third kappa shape index (κ3) is 4.20. The fraction of sp³-hybridized carbons (Fsp3) is 0.364. The van der Waals surface area contributed by atoms with Crippen molar-refractivity contribution in [3.05, 3.63) is 30.1 Å². The van der Waals surface area contributed by atoms with Crippen LogP contribution in [0.5, 0.6) is 0 Å². The van der Waals surface area contributed by atoms with E-state index in [-0.39, 0.29) is 0 Å². The highest BCUT2D eigenvalue weighted by Gasteiger charge is 2.12. The van der Waals surface area contributed by atoms with Gasteiger partial charge in [0.2, 0.25) is 5.91 Å². The van der Waals surface area contributed by atoms with Gasteiger partial charge >= 0.3 is 5.97 Å². The Hall–Kier alpha value is -1.95. The van der Waals surface area contributed by atoms with Gasteiger partial charge in [-0.3, -0.25) is 9.59 Å². The van der Waals surface area contributed by atoms with Crippen LogP contribution >= 0.6 is 0 Å². The van der Waals surface area contributed by atoms with Crippen LogP contribution < -0.4 is 16.0 Å². The van der Waals surface area contributed by atoms with E-state index in [1.807, 2.05) is 4.57 Å². The molecule has 0 spiro atoms. The van der Waals surface area contributed by atoms with E-state index in [9.17, 15) is 9.59 Å². The summed E-state index contributed by atoms with van der Waals surface area (Å²) in [5.41, 5.74) is 10.9. The van der Waals surface area contributed by atoms with Crippen LogP contribution in [-0.4, -0.2) is 23.0 Å². The number of carbonyl (C=O) groups excluding carboxylic acids is 1. The van der Waals surface area contributed by atoms with E-state index in [1.165, 1.54) is 0 Å². The average molecular weight is 238 g/mol. The maximum Gasteiger partial charge on any atom is 0.320 e. The molecule has 0 aliphatic carbocycles. The van der Waals surface area contributed by atoms with Crippen molar-refractivity contribution >= 4 is 11.9 Å². The molecule has 0 saturated carbocycles. The molecule has 0 saturated heterocycles. The number of primary amides is 1. The van der Waals surface area contributed by atoms with Gasteiger partial charge in [0, 0.05) is 18.6 Å². The van der Waals surface area contributed by atoms with Crippen LogP contribution in [0.4, 0.5) is 0 Å². The van der Waals surface area contributed by atoms with Gasteiger partial charge in [0.1, 0.15) is 12.6 Å². The SMILES string of the molecule is NC(=O)c1cc[n+](CCC[C@H](N)C(=O)O)cc1. The summed E-state index contributed by atoms with van der Waals surface area (Å²) in [5.74, 6) is -1.45. The van der Waals surface area contributed by atoms with E-state index in [0.717, 1.165) is 0 Å². The lowest BCUT2D eigenvalue weighted by Crippen LogP contribution is -2.36. The van der Waals surface area contributed by atoms with Crippen molar-refractivity contribution in [3.63, 3.8) is 0 Å². The van der Waals surface area contributed by atoms with Crippen LogP contribution in [0.15, 0.2) is 24.5 Å². The highest BCUT2D eigenvalue weighted by Crippen LogP contribution is 1.96. The summed E-state index contributed by atoms with van der Waals surface area (Å²) in [6, 6.07) is 2.43. The number of hydrogen-bond acceptors (Lipinski definition) is 3. The van der Waals surface area contributed by atoms with Crippen molar-refractivity contribution in [1.29, 1.82) is 0 Å². The van der Waals surface area contributed by atoms with Crippen LogP contribution in [0.1, 0.15) is 23.2 Å². The number of hydrogen-bond donors (Lipinski definition) is 3. The Balaban J connectivity index is 2.42. The van der Waals surface area contributed by atoms with Gasteiger partial charge < -0.3 is 16.6 Å². The highest BCUT2D eigenvalue weighted by atomic mass is 16.4. The van der Waals surface area contributed by atoms with Crippen LogP contribution in [-0.2, 0) is 11.3 Å². The zero-order valence-corrected chi connectivity index (χ0v) is 9.37. The fourth-order valence-electron chi connectivity index (χ4n) is 1.39. The molecule has 1 amide bonds. The number of aromatic nitrogens is 1. The van der Waals surface area contributed by atoms with Crippen molar-refractivity contribution < 1.29 is 19.3 Å². The van der Waals surface area contributed by atoms with Crippen molar-refractivity contribution in [2.24, 2.45) is 11.5 Å². The summed E-state index contributed by atoms with van der Waals surface area (Å²) >= 11 is 0. The molecule has 17 heavy (non-hydrogen) atoms. The molecule has 92 valence electrons. The van der Waals surface area contributed by atoms with Crippen LogP contribution in [0, 0.1) is 0 Å². The van der Waals surface area contributed by atoms with Crippen LogP contribution in [0.25, 0.3) is 0 Å². The fourth-order valence-corrected chi connectivity index (χ4v) is 1.39. The first-order valence-corrected chi connectivity index (χ1v) is 5.28. The predicted octanol–water partition coefficient (Wildman–Crippen LogP) is -0.735. The molecule has 0 radical (unpaired) electrons. The maximum absolute atomic E-state index is 10.8. The van der Waals surface area contributed by atoms with Crippen molar-refractivity contribution in [3.8, 4) is 0 Å². The Morgan fingerprint density at radius 1 is 1.35 bits per heavy atom. The molecule has 5 N–H and O–H groups in total. The van der Waals surface area contributed by atoms with Crippen LogP contribution in [0.2, 0.25) is 0 Å². The van der Waals surface area contributed by atoms with E-state index in [1.54, 1.807) is 24.5 Å². The number of aryl methyl sites for hydroxylation is 1. The minimum absolute atomic E-state index is 0.417. The van der Waals surface area contributed by atoms with E-state index in [2.05, 4.69) is 0 Å². The molecule has 1 heterocycles. The molecule has 6 nitrogen and oxygen atoms in total. The second-order valence-corrected chi connectivity index (χ2v) is 3.78. The average Bonchev–Trinajstić information content (AvgIpc) is 2.29. The number of nitrogens with two attached hydrogens (primary N) is 2. The van der Waals surface area contributed by atoms with Crippen molar-refractivity contribution in [2.45, 2.75) is 25.4 Å². The highest BCUT2D eigenvalue weighted by molar-refractivity contribution is 5.92. The number of pyridine rings is 1. The van der Waals surface area contributed by atoms with Gasteiger partial charge in [-0.15, -0.1) is 0 Å². The summed E-state index contributed by atoms with van der Waals surface area (Å²) in [5, 5.41) is 8.59. The standard InChI is InChI=1S/C11H15N3O3/c12-9(11(16)17)2-1-5-14-6-3-8(4-7-14)10(13)15/h3-4,6-7,9H,1-2,5,12H2,(H2-,13,15,16,17)/p+1/t9-/m0/s1. The molecule has 0 bridgehead atoms. The summed E-state index contributed by atoms with van der Waals surface area (Å²) in [6.07, 6.45) is 4.53. The molecule has 6 heteroatoms. The summed E-state index contributed by atoms with van der Waals surface area (Å²) in [4.78, 5) is 21.3. The van der Waals surface area contributed by atoms with Gasteiger partial charge in [-0.2, -0.15) is 0 Å². The van der Waals surface area contributed by atoms with Crippen molar-refractivity contribution in [1.82, 2.24) is 0 Å². The molecule has 1 aromatic heterocycles. The zero-order chi connectivity index (χ0) is 12.8. The van der Waals surface area contributed by atoms with Gasteiger partial charge in [0.25, 0.3) is 0 Å². The number of rotatable bonds is 6. The number of nitrogens with zero attached hydrogens (tertiary/aromatic N) is 1. The molecular weight excluding hydrogens is 222 g/mol. The zero-order valence-electron chi connectivity index (χ0n) is 9.37. The van der Waals surface area contributed by atoms with Gasteiger partial charge in [-0.25, -0.2) is 4.57 Å². The Morgan fingerprint density at radius 2 is 1.94 bits per heavy atom. The predicted molar refractivity (Wildman–Crippen MR) is 60.0 cm³/mol. The molecule has 0 unspecified atom stereocenters. The van der Waals surface area contributed by atoms with E-state index < -0.39 is 17.9 Å². The maximum atomic E-state index is 10.8. The minimum atomic E-state index is -0.987. The lowest BCUT2D eigenvalue weighted by atomic mass is 10.1. The van der Waals surface area contributed by atoms with Gasteiger partial charge in [0.15, 0.2) is 12.4 Å². The molecular formula is C11H16N3O3+. The number of amides is 1. The third-order valence-electron chi connectivity index (χ3n) is 2.42. The quantitative estimate of drug-likeness (QED) is 0.567. The number of carboxylic acids is 1. The topological polar surface area (TPSA) is 110 Å². The molecule has 1 atom stereocenters. The first-order chi connectivity index (χ1) is 8.00. The molecule has 0 fully saturated rings. The minimum Gasteiger partial charge on any atom is -0.480 e. The smallest absolute Gasteiger partial charge is 0.320 e. The summed E-state index contributed by atoms with van der Waals surface area (Å²) < 4.78 is 1.85. The first kappa shape index (κ1) is 13.1. The Bertz CT molecular complexity index is 403. The first-order valence-electron chi connectivity index (χ1n) is 5.28. The third-order valence-corrected chi connectivity index (χ3v) is 2.42. The number of aliphatic carboxylic acids is 1. The van der Waals surface area contributed by atoms with Crippen LogP contribution in [0.3, 0.4) is 0 Å². The normalized spacial score (nSPS) is 12.1. The summed E-state index contributed by atoms with van der Waals surface area (Å²) in [6.45, 7) is 0.653. The molecule has 1 rings (SSSR count). The Kier molecular flexibility index (Phi) is 4.59. The molecule has 0 aromatic carbocycles. The van der Waals surface area contributed by atoms with Gasteiger partial charge in [-0.05, 0) is 6.42 Å². The van der Waals surface area contributed by atoms with E-state index in [0.29, 0.717) is 24.9 Å².